The Bertz CT molecular complexity index is 1740. The van der Waals surface area contributed by atoms with Gasteiger partial charge in [-0.25, -0.2) is 4.99 Å². The molecule has 1 aliphatic carbocycles. The molecule has 4 aromatic rings. The van der Waals surface area contributed by atoms with E-state index in [2.05, 4.69) is 40.8 Å². The molecule has 3 aromatic carbocycles. The fourth-order valence-electron chi connectivity index (χ4n) is 4.95. The molecule has 0 fully saturated rings. The second-order valence-electron chi connectivity index (χ2n) is 8.72. The van der Waals surface area contributed by atoms with E-state index in [9.17, 15) is 9.90 Å². The van der Waals surface area contributed by atoms with Gasteiger partial charge in [0.1, 0.15) is 0 Å². The van der Waals surface area contributed by atoms with Crippen molar-refractivity contribution < 1.29 is 9.84 Å². The number of aryl methyl sites for hydroxylation is 1. The van der Waals surface area contributed by atoms with Crippen LogP contribution >= 0.6 is 45.5 Å². The van der Waals surface area contributed by atoms with Crippen LogP contribution in [0.2, 0.25) is 5.02 Å². The van der Waals surface area contributed by atoms with Crippen LogP contribution in [0, 0.1) is 3.57 Å². The number of nitrogens with zero attached hydrogens (tertiary/aromatic N) is 2. The van der Waals surface area contributed by atoms with Gasteiger partial charge in [-0.2, -0.15) is 0 Å². The first kappa shape index (κ1) is 23.5. The Labute approximate surface area is 229 Å². The van der Waals surface area contributed by atoms with E-state index in [-0.39, 0.29) is 17.4 Å². The maximum Gasteiger partial charge on any atom is 0.271 e. The van der Waals surface area contributed by atoms with E-state index in [1.807, 2.05) is 47.0 Å². The highest BCUT2D eigenvalue weighted by molar-refractivity contribution is 14.1. The first-order valence-electron chi connectivity index (χ1n) is 11.4. The number of thiazole rings is 1. The van der Waals surface area contributed by atoms with Gasteiger partial charge in [0.05, 0.1) is 27.0 Å². The Balaban J connectivity index is 1.61. The average molecular weight is 627 g/mol. The van der Waals surface area contributed by atoms with E-state index in [0.29, 0.717) is 23.7 Å². The number of allylic oxidation sites excluding steroid dienone is 1. The Morgan fingerprint density at radius 3 is 2.72 bits per heavy atom. The van der Waals surface area contributed by atoms with Gasteiger partial charge in [0.15, 0.2) is 16.3 Å². The van der Waals surface area contributed by atoms with Crippen LogP contribution in [-0.4, -0.2) is 16.8 Å². The molecule has 1 atom stereocenters. The van der Waals surface area contributed by atoms with Crippen molar-refractivity contribution in [2.24, 2.45) is 4.99 Å². The highest BCUT2D eigenvalue weighted by Gasteiger charge is 2.32. The molecule has 180 valence electrons. The lowest BCUT2D eigenvalue weighted by Gasteiger charge is -2.30. The van der Waals surface area contributed by atoms with Crippen LogP contribution in [0.3, 0.4) is 0 Å². The molecule has 0 radical (unpaired) electrons. The minimum atomic E-state index is -0.251. The first-order valence-corrected chi connectivity index (χ1v) is 13.7. The number of ether oxygens (including phenoxy) is 1. The van der Waals surface area contributed by atoms with Crippen molar-refractivity contribution >= 4 is 57.3 Å². The number of hydrogen-bond donors (Lipinski definition) is 1. The third-order valence-corrected chi connectivity index (χ3v) is 8.68. The summed E-state index contributed by atoms with van der Waals surface area (Å²) < 4.78 is 8.35. The lowest BCUT2D eigenvalue weighted by molar-refractivity contribution is 0.371. The number of methoxy groups -OCH3 is 1. The summed E-state index contributed by atoms with van der Waals surface area (Å²) in [4.78, 5) is 19.6. The standard InChI is InChI=1S/C28H20ClIN2O3S/c1-35-22-13-15(12-21(30)26(22)33)14-23-27(34)32-25(17-6-9-18(29)10-7-17)20-11-8-16-4-2-3-5-19(16)24(20)31-28(32)36-23/h2-7,9-10,12-14,25,33H,8,11H2,1H3. The lowest BCUT2D eigenvalue weighted by atomic mass is 9.83. The lowest BCUT2D eigenvalue weighted by Crippen LogP contribution is -2.38. The van der Waals surface area contributed by atoms with Crippen molar-refractivity contribution in [2.75, 3.05) is 7.11 Å². The molecule has 2 heterocycles. The molecule has 1 aliphatic heterocycles. The summed E-state index contributed by atoms with van der Waals surface area (Å²) in [5.41, 5.74) is 6.21. The molecule has 6 rings (SSSR count). The summed E-state index contributed by atoms with van der Waals surface area (Å²) in [6.07, 6.45) is 3.58. The van der Waals surface area contributed by atoms with Crippen molar-refractivity contribution in [2.45, 2.75) is 18.9 Å². The van der Waals surface area contributed by atoms with E-state index in [1.54, 1.807) is 6.07 Å². The van der Waals surface area contributed by atoms with Crippen molar-refractivity contribution in [1.29, 1.82) is 0 Å². The van der Waals surface area contributed by atoms with Crippen LogP contribution in [0.5, 0.6) is 11.5 Å². The minimum Gasteiger partial charge on any atom is -0.504 e. The Hall–Kier alpha value is -2.88. The summed E-state index contributed by atoms with van der Waals surface area (Å²) >= 11 is 9.63. The van der Waals surface area contributed by atoms with Crippen LogP contribution in [0.1, 0.15) is 34.7 Å². The molecule has 0 spiro atoms. The van der Waals surface area contributed by atoms with E-state index >= 15 is 0 Å². The number of rotatable bonds is 3. The fourth-order valence-corrected chi connectivity index (χ4v) is 6.70. The second-order valence-corrected chi connectivity index (χ2v) is 11.3. The molecule has 0 saturated carbocycles. The van der Waals surface area contributed by atoms with Gasteiger partial charge in [-0.3, -0.25) is 9.36 Å². The quantitative estimate of drug-likeness (QED) is 0.315. The number of benzene rings is 3. The summed E-state index contributed by atoms with van der Waals surface area (Å²) in [6.45, 7) is 0. The molecule has 0 bridgehead atoms. The first-order chi connectivity index (χ1) is 17.4. The van der Waals surface area contributed by atoms with Crippen molar-refractivity contribution in [1.82, 2.24) is 4.57 Å². The summed E-state index contributed by atoms with van der Waals surface area (Å²) in [5, 5.41) is 10.9. The van der Waals surface area contributed by atoms with Crippen LogP contribution in [0.4, 0.5) is 0 Å². The third-order valence-electron chi connectivity index (χ3n) is 6.63. The van der Waals surface area contributed by atoms with Gasteiger partial charge in [-0.05, 0) is 88.0 Å². The molecule has 2 aliphatic rings. The molecular weight excluding hydrogens is 607 g/mol. The highest BCUT2D eigenvalue weighted by atomic mass is 127. The molecule has 0 saturated heterocycles. The number of aromatic hydroxyl groups is 1. The predicted molar refractivity (Wildman–Crippen MR) is 152 cm³/mol. The van der Waals surface area contributed by atoms with Crippen molar-refractivity contribution in [3.8, 4) is 11.5 Å². The Kier molecular flexibility index (Phi) is 6.02. The smallest absolute Gasteiger partial charge is 0.271 e. The van der Waals surface area contributed by atoms with Crippen molar-refractivity contribution in [3.05, 3.63) is 117 Å². The predicted octanol–water partition coefficient (Wildman–Crippen LogP) is 5.29. The Morgan fingerprint density at radius 2 is 1.94 bits per heavy atom. The van der Waals surface area contributed by atoms with Gasteiger partial charge in [0.25, 0.3) is 5.56 Å². The maximum atomic E-state index is 13.8. The molecule has 1 N–H and O–H groups in total. The van der Waals surface area contributed by atoms with Gasteiger partial charge in [0, 0.05) is 10.6 Å². The van der Waals surface area contributed by atoms with E-state index < -0.39 is 0 Å². The normalized spacial score (nSPS) is 16.8. The average Bonchev–Trinajstić information content (AvgIpc) is 3.19. The molecule has 8 heteroatoms. The number of phenolic OH excluding ortho intramolecular Hbond substituents is 1. The zero-order valence-electron chi connectivity index (χ0n) is 19.2. The monoisotopic (exact) mass is 626 g/mol. The second kappa shape index (κ2) is 9.21. The van der Waals surface area contributed by atoms with Crippen LogP contribution in [0.15, 0.2) is 76.0 Å². The zero-order chi connectivity index (χ0) is 25.0. The van der Waals surface area contributed by atoms with Crippen molar-refractivity contribution in [3.63, 3.8) is 0 Å². The van der Waals surface area contributed by atoms with Crippen LogP contribution in [0.25, 0.3) is 11.8 Å². The van der Waals surface area contributed by atoms with E-state index in [1.165, 1.54) is 24.0 Å². The number of hydrogen-bond acceptors (Lipinski definition) is 5. The highest BCUT2D eigenvalue weighted by Crippen LogP contribution is 2.41. The topological polar surface area (TPSA) is 63.8 Å². The van der Waals surface area contributed by atoms with Gasteiger partial charge >= 0.3 is 0 Å². The summed E-state index contributed by atoms with van der Waals surface area (Å²) in [5.74, 6) is 0.456. The SMILES string of the molecule is COc1cc(C=c2sc3n(c2=O)C(c2ccc(Cl)cc2)C2=C(N=3)c3ccccc3CC2)cc(I)c1O. The fraction of sp³-hybridized carbons (Fsp3) is 0.143. The number of aromatic nitrogens is 1. The van der Waals surface area contributed by atoms with Crippen LogP contribution in [-0.2, 0) is 6.42 Å². The van der Waals surface area contributed by atoms with Gasteiger partial charge < -0.3 is 9.84 Å². The molecule has 1 unspecified atom stereocenters. The van der Waals surface area contributed by atoms with Gasteiger partial charge in [-0.15, -0.1) is 0 Å². The third kappa shape index (κ3) is 3.90. The number of phenols is 1. The molecule has 5 nitrogen and oxygen atoms in total. The maximum absolute atomic E-state index is 13.8. The number of halogens is 2. The van der Waals surface area contributed by atoms with E-state index in [4.69, 9.17) is 21.3 Å². The molecule has 1 aromatic heterocycles. The number of fused-ring (bicyclic) bond motifs is 3. The molecule has 36 heavy (non-hydrogen) atoms. The largest absolute Gasteiger partial charge is 0.504 e. The summed E-state index contributed by atoms with van der Waals surface area (Å²) in [7, 11) is 1.51. The Morgan fingerprint density at radius 1 is 1.17 bits per heavy atom. The van der Waals surface area contributed by atoms with E-state index in [0.717, 1.165) is 40.8 Å². The zero-order valence-corrected chi connectivity index (χ0v) is 22.9. The van der Waals surface area contributed by atoms with Gasteiger partial charge in [0.2, 0.25) is 0 Å². The summed E-state index contributed by atoms with van der Waals surface area (Å²) in [6, 6.07) is 19.4. The van der Waals surface area contributed by atoms with Gasteiger partial charge in [-0.1, -0.05) is 59.3 Å². The van der Waals surface area contributed by atoms with Crippen LogP contribution < -0.4 is 19.6 Å². The molecule has 0 amide bonds. The minimum absolute atomic E-state index is 0.0887. The molecular formula is C28H20ClIN2O3S.